The number of anilines is 1. The molecule has 0 bridgehead atoms. The van der Waals surface area contributed by atoms with E-state index in [9.17, 15) is 27.7 Å². The summed E-state index contributed by atoms with van der Waals surface area (Å²) in [6.07, 6.45) is -3.88. The maximum absolute atomic E-state index is 15.6. The van der Waals surface area contributed by atoms with Crippen molar-refractivity contribution >= 4 is 36.7 Å². The Kier molecular flexibility index (Phi) is 9.30. The summed E-state index contributed by atoms with van der Waals surface area (Å²) < 4.78 is 88.6. The van der Waals surface area contributed by atoms with Crippen LogP contribution in [0.15, 0.2) is 11.0 Å². The van der Waals surface area contributed by atoms with Gasteiger partial charge in [0.2, 0.25) is 19.5 Å². The Bertz CT molecular complexity index is 1370. The molecule has 0 saturated carbocycles. The summed E-state index contributed by atoms with van der Waals surface area (Å²) in [4.78, 5) is 42.0. The Morgan fingerprint density at radius 3 is 2.20 bits per heavy atom. The normalized spacial score (nSPS) is 21.8. The third-order valence-electron chi connectivity index (χ3n) is 5.62. The number of hydrogen-bond donors (Lipinski definition) is 2. The molecule has 0 unspecified atom stereocenters. The highest BCUT2D eigenvalue weighted by molar-refractivity contribution is 7.48. The SMILES string of the molecule is CC(C)(C)C(=O)OCOP(=O)(OCOC(=O)C(C)(C)C)OC[C@@]1(F)O[C@@H](n2cc(F)c3c(=O)[nH]c(N)nc32)C[C@@H]1F. The predicted molar refractivity (Wildman–Crippen MR) is 135 cm³/mol. The van der Waals surface area contributed by atoms with Crippen LogP contribution in [-0.2, 0) is 41.9 Å². The molecule has 1 saturated heterocycles. The van der Waals surface area contributed by atoms with Crippen LogP contribution >= 0.6 is 7.82 Å². The first-order valence-corrected chi connectivity index (χ1v) is 13.7. The van der Waals surface area contributed by atoms with Crippen molar-refractivity contribution in [1.29, 1.82) is 0 Å². The van der Waals surface area contributed by atoms with E-state index in [1.165, 1.54) is 41.5 Å². The van der Waals surface area contributed by atoms with Crippen molar-refractivity contribution < 1.29 is 55.1 Å². The minimum Gasteiger partial charge on any atom is -0.437 e. The fourth-order valence-corrected chi connectivity index (χ4v) is 4.27. The van der Waals surface area contributed by atoms with E-state index >= 15 is 4.39 Å². The number of aromatic nitrogens is 3. The number of nitrogen functional groups attached to an aromatic ring is 1. The fourth-order valence-electron chi connectivity index (χ4n) is 3.34. The van der Waals surface area contributed by atoms with E-state index in [1.54, 1.807) is 0 Å². The number of nitrogens with two attached hydrogens (primary N) is 1. The van der Waals surface area contributed by atoms with Gasteiger partial charge in [0.05, 0.1) is 10.8 Å². The average Bonchev–Trinajstić information content (AvgIpc) is 3.32. The number of nitrogens with one attached hydrogen (secondary N) is 1. The first-order valence-electron chi connectivity index (χ1n) is 12.2. The number of rotatable bonds is 10. The number of halogens is 3. The molecule has 230 valence electrons. The molecular weight excluding hydrogens is 580 g/mol. The molecule has 3 atom stereocenters. The highest BCUT2D eigenvalue weighted by Crippen LogP contribution is 2.52. The van der Waals surface area contributed by atoms with Crippen LogP contribution in [0.3, 0.4) is 0 Å². The molecule has 0 amide bonds. The van der Waals surface area contributed by atoms with Crippen LogP contribution < -0.4 is 11.3 Å². The van der Waals surface area contributed by atoms with E-state index in [-0.39, 0.29) is 11.6 Å². The second kappa shape index (κ2) is 11.7. The summed E-state index contributed by atoms with van der Waals surface area (Å²) in [5.74, 6) is -6.20. The van der Waals surface area contributed by atoms with Gasteiger partial charge in [0.15, 0.2) is 17.6 Å². The van der Waals surface area contributed by atoms with Crippen LogP contribution in [0, 0.1) is 16.6 Å². The molecule has 41 heavy (non-hydrogen) atoms. The number of ether oxygens (including phenoxy) is 3. The van der Waals surface area contributed by atoms with Crippen LogP contribution in [0.5, 0.6) is 0 Å². The van der Waals surface area contributed by atoms with Gasteiger partial charge in [-0.25, -0.2) is 26.8 Å². The summed E-state index contributed by atoms with van der Waals surface area (Å²) in [5.41, 5.74) is 2.35. The van der Waals surface area contributed by atoms with Crippen molar-refractivity contribution in [3.63, 3.8) is 0 Å². The smallest absolute Gasteiger partial charge is 0.437 e. The zero-order valence-corrected chi connectivity index (χ0v) is 24.1. The number of nitrogens with zero attached hydrogens (tertiary/aromatic N) is 2. The maximum atomic E-state index is 15.6. The van der Waals surface area contributed by atoms with Crippen LogP contribution in [0.1, 0.15) is 54.2 Å². The molecule has 2 aromatic heterocycles. The summed E-state index contributed by atoms with van der Waals surface area (Å²) >= 11 is 0. The average molecular weight is 612 g/mol. The minimum absolute atomic E-state index is 0.329. The number of phosphoric ester groups is 1. The van der Waals surface area contributed by atoms with E-state index < -0.39 is 92.2 Å². The Morgan fingerprint density at radius 2 is 1.68 bits per heavy atom. The van der Waals surface area contributed by atoms with E-state index in [0.29, 0.717) is 0 Å². The van der Waals surface area contributed by atoms with Gasteiger partial charge in [-0.05, 0) is 41.5 Å². The second-order valence-corrected chi connectivity index (χ2v) is 12.8. The third kappa shape index (κ3) is 7.65. The fraction of sp³-hybridized carbons (Fsp3) is 0.652. The molecular formula is C23H32F3N4O10P. The molecule has 18 heteroatoms. The van der Waals surface area contributed by atoms with Crippen molar-refractivity contribution in [2.75, 3.05) is 25.9 Å². The zero-order valence-electron chi connectivity index (χ0n) is 23.2. The van der Waals surface area contributed by atoms with E-state index in [2.05, 4.69) is 9.97 Å². The number of phosphoric acid groups is 1. The standard InChI is InChI=1S/C23H32F3N4O10P/c1-21(2,3)18(32)35-10-38-41(34,39-11-36-19(33)22(4,5)6)37-9-23(26)13(25)7-14(40-23)30-8-12(24)15-16(30)28-20(27)29-17(15)31/h8,13-14H,7,9-11H2,1-6H3,(H3,27,28,29,31)/t13-,14+,23+/m0/s1. The van der Waals surface area contributed by atoms with Gasteiger partial charge in [0.1, 0.15) is 18.2 Å². The van der Waals surface area contributed by atoms with Gasteiger partial charge in [0, 0.05) is 12.6 Å². The Morgan fingerprint density at radius 1 is 1.15 bits per heavy atom. The summed E-state index contributed by atoms with van der Waals surface area (Å²) in [6, 6.07) is 0. The van der Waals surface area contributed by atoms with Crippen molar-refractivity contribution in [3.05, 3.63) is 22.4 Å². The molecule has 14 nitrogen and oxygen atoms in total. The number of carbonyl (C=O) groups is 2. The van der Waals surface area contributed by atoms with Gasteiger partial charge >= 0.3 is 19.8 Å². The van der Waals surface area contributed by atoms with E-state index in [4.69, 9.17) is 33.5 Å². The lowest BCUT2D eigenvalue weighted by Crippen LogP contribution is -2.37. The molecule has 2 aromatic rings. The number of esters is 2. The molecule has 0 aromatic carbocycles. The molecule has 1 aliphatic heterocycles. The Balaban J connectivity index is 1.75. The van der Waals surface area contributed by atoms with Crippen LogP contribution in [-0.4, -0.2) is 58.7 Å². The largest absolute Gasteiger partial charge is 0.480 e. The lowest BCUT2D eigenvalue weighted by Gasteiger charge is -2.25. The molecule has 1 fully saturated rings. The molecule has 1 aliphatic rings. The number of carbonyl (C=O) groups excluding carboxylic acids is 2. The maximum Gasteiger partial charge on any atom is 0.480 e. The van der Waals surface area contributed by atoms with E-state index in [0.717, 1.165) is 10.8 Å². The van der Waals surface area contributed by atoms with Gasteiger partial charge in [-0.15, -0.1) is 0 Å². The minimum atomic E-state index is -4.88. The molecule has 0 aliphatic carbocycles. The van der Waals surface area contributed by atoms with Crippen molar-refractivity contribution in [2.24, 2.45) is 10.8 Å². The first-order chi connectivity index (χ1) is 18.8. The summed E-state index contributed by atoms with van der Waals surface area (Å²) in [7, 11) is -4.88. The quantitative estimate of drug-likeness (QED) is 0.226. The highest BCUT2D eigenvalue weighted by atomic mass is 31.2. The van der Waals surface area contributed by atoms with Crippen molar-refractivity contribution in [2.45, 2.75) is 66.2 Å². The first kappa shape index (κ1) is 32.5. The lowest BCUT2D eigenvalue weighted by atomic mass is 9.98. The number of fused-ring (bicyclic) bond motifs is 1. The molecule has 3 heterocycles. The van der Waals surface area contributed by atoms with Gasteiger partial charge in [-0.1, -0.05) is 0 Å². The van der Waals surface area contributed by atoms with Crippen LogP contribution in [0.2, 0.25) is 0 Å². The van der Waals surface area contributed by atoms with Crippen molar-refractivity contribution in [1.82, 2.24) is 14.5 Å². The third-order valence-corrected chi connectivity index (χ3v) is 6.91. The Labute approximate surface area is 232 Å². The number of alkyl halides is 2. The van der Waals surface area contributed by atoms with Gasteiger partial charge in [-0.2, -0.15) is 4.98 Å². The van der Waals surface area contributed by atoms with Gasteiger partial charge in [-0.3, -0.25) is 23.9 Å². The molecule has 3 rings (SSSR count). The second-order valence-electron chi connectivity index (χ2n) is 11.2. The Hall–Kier alpha value is -2.98. The monoisotopic (exact) mass is 612 g/mol. The highest BCUT2D eigenvalue weighted by Gasteiger charge is 2.53. The number of aromatic amines is 1. The summed E-state index contributed by atoms with van der Waals surface area (Å²) in [5, 5.41) is -0.508. The summed E-state index contributed by atoms with van der Waals surface area (Å²) in [6.45, 7) is 5.89. The van der Waals surface area contributed by atoms with Gasteiger partial charge < -0.3 is 24.5 Å². The number of H-pyrrole nitrogens is 1. The van der Waals surface area contributed by atoms with E-state index in [1.807, 2.05) is 0 Å². The molecule has 0 spiro atoms. The molecule has 0 radical (unpaired) electrons. The van der Waals surface area contributed by atoms with Crippen molar-refractivity contribution in [3.8, 4) is 0 Å². The zero-order chi connectivity index (χ0) is 31.0. The topological polar surface area (TPSA) is 183 Å². The van der Waals surface area contributed by atoms with Crippen LogP contribution in [0.25, 0.3) is 11.0 Å². The van der Waals surface area contributed by atoms with Gasteiger partial charge in [0.25, 0.3) is 11.4 Å². The lowest BCUT2D eigenvalue weighted by molar-refractivity contribution is -0.195. The molecule has 3 N–H and O–H groups in total. The van der Waals surface area contributed by atoms with Crippen LogP contribution in [0.4, 0.5) is 19.1 Å². The predicted octanol–water partition coefficient (Wildman–Crippen LogP) is 3.62. The number of hydrogen-bond acceptors (Lipinski definition) is 12.